The van der Waals surface area contributed by atoms with Crippen LogP contribution in [0.1, 0.15) is 0 Å². The molecule has 0 aliphatic carbocycles. The molecular weight excluding hydrogens is 544 g/mol. The zero-order chi connectivity index (χ0) is 29.7. The smallest absolute Gasteiger partial charge is 0.143 e. The minimum absolute atomic E-state index is 0.887. The van der Waals surface area contributed by atoms with Crippen molar-refractivity contribution < 1.29 is 4.42 Å². The Labute approximate surface area is 261 Å². The molecule has 9 rings (SSSR count). The first-order chi connectivity index (χ1) is 22.3. The second-order valence-electron chi connectivity index (χ2n) is 11.7. The van der Waals surface area contributed by atoms with Gasteiger partial charge in [-0.2, -0.15) is 0 Å². The summed E-state index contributed by atoms with van der Waals surface area (Å²) in [6.07, 6.45) is 0. The molecule has 0 atom stereocenters. The van der Waals surface area contributed by atoms with Crippen molar-refractivity contribution in [3.05, 3.63) is 170 Å². The van der Waals surface area contributed by atoms with Crippen LogP contribution in [-0.4, -0.2) is 0 Å². The van der Waals surface area contributed by atoms with Crippen molar-refractivity contribution in [2.75, 3.05) is 0 Å². The van der Waals surface area contributed by atoms with Crippen LogP contribution < -0.4 is 0 Å². The Hall–Kier alpha value is -5.92. The lowest BCUT2D eigenvalue weighted by Gasteiger charge is -2.18. The van der Waals surface area contributed by atoms with E-state index in [1.807, 2.05) is 6.07 Å². The topological polar surface area (TPSA) is 13.1 Å². The summed E-state index contributed by atoms with van der Waals surface area (Å²) in [5.41, 5.74) is 9.16. The number of hydrogen-bond acceptors (Lipinski definition) is 1. The summed E-state index contributed by atoms with van der Waals surface area (Å²) in [6.45, 7) is 0. The summed E-state index contributed by atoms with van der Waals surface area (Å²) in [6, 6.07) is 60.9. The minimum atomic E-state index is 0.887. The van der Waals surface area contributed by atoms with Gasteiger partial charge < -0.3 is 4.42 Å². The molecule has 0 amide bonds. The molecule has 1 heterocycles. The van der Waals surface area contributed by atoms with Gasteiger partial charge in [-0.3, -0.25) is 0 Å². The molecule has 0 unspecified atom stereocenters. The van der Waals surface area contributed by atoms with Crippen molar-refractivity contribution >= 4 is 43.3 Å². The average molecular weight is 573 g/mol. The molecule has 1 aromatic heterocycles. The summed E-state index contributed by atoms with van der Waals surface area (Å²) < 4.78 is 6.62. The Morgan fingerprint density at radius 3 is 1.40 bits per heavy atom. The van der Waals surface area contributed by atoms with E-state index in [-0.39, 0.29) is 0 Å². The van der Waals surface area contributed by atoms with Crippen LogP contribution >= 0.6 is 0 Å². The highest BCUT2D eigenvalue weighted by Crippen LogP contribution is 2.47. The molecule has 0 aliphatic rings. The van der Waals surface area contributed by atoms with E-state index < -0.39 is 0 Å². The Balaban J connectivity index is 1.35. The highest BCUT2D eigenvalue weighted by atomic mass is 16.3. The van der Waals surface area contributed by atoms with Crippen LogP contribution in [-0.2, 0) is 0 Å². The van der Waals surface area contributed by atoms with E-state index >= 15 is 0 Å². The van der Waals surface area contributed by atoms with Crippen LogP contribution in [0.15, 0.2) is 174 Å². The summed E-state index contributed by atoms with van der Waals surface area (Å²) >= 11 is 0. The first-order valence-corrected chi connectivity index (χ1v) is 15.4. The van der Waals surface area contributed by atoms with Crippen LogP contribution in [0, 0.1) is 0 Å². The second kappa shape index (κ2) is 10.4. The van der Waals surface area contributed by atoms with Crippen LogP contribution in [0.25, 0.3) is 88.0 Å². The molecule has 0 aliphatic heterocycles. The van der Waals surface area contributed by atoms with Gasteiger partial charge in [0.2, 0.25) is 0 Å². The van der Waals surface area contributed by atoms with Crippen molar-refractivity contribution in [2.45, 2.75) is 0 Å². The maximum Gasteiger partial charge on any atom is 0.143 e. The van der Waals surface area contributed by atoms with E-state index in [1.54, 1.807) is 0 Å². The molecule has 1 nitrogen and oxygen atoms in total. The molecule has 8 aromatic carbocycles. The predicted molar refractivity (Wildman–Crippen MR) is 190 cm³/mol. The molecule has 0 spiro atoms. The molecule has 0 bridgehead atoms. The molecular formula is C44H28O. The van der Waals surface area contributed by atoms with E-state index in [2.05, 4.69) is 164 Å². The summed E-state index contributed by atoms with van der Waals surface area (Å²) in [4.78, 5) is 0. The fraction of sp³-hybridized carbons (Fsp3) is 0. The largest absolute Gasteiger partial charge is 0.455 e. The van der Waals surface area contributed by atoms with Gasteiger partial charge in [0.1, 0.15) is 11.3 Å². The highest BCUT2D eigenvalue weighted by molar-refractivity contribution is 6.22. The summed E-state index contributed by atoms with van der Waals surface area (Å²) in [7, 11) is 0. The van der Waals surface area contributed by atoms with Crippen molar-refractivity contribution in [3.63, 3.8) is 0 Å². The van der Waals surface area contributed by atoms with Gasteiger partial charge in [0.15, 0.2) is 0 Å². The average Bonchev–Trinajstić information content (AvgIpc) is 3.50. The fourth-order valence-corrected chi connectivity index (χ4v) is 7.03. The number of furan rings is 1. The summed E-state index contributed by atoms with van der Waals surface area (Å²) in [5, 5.41) is 8.61. The van der Waals surface area contributed by atoms with Crippen molar-refractivity contribution in [2.24, 2.45) is 0 Å². The lowest BCUT2D eigenvalue weighted by atomic mass is 9.85. The summed E-state index contributed by atoms with van der Waals surface area (Å²) in [5.74, 6) is 0.898. The SMILES string of the molecule is c1ccc(-c2oc3ccc(-c4c5ccccc5c(-c5ccc6ccccc6c5)c5ccccc45)cc3c2-c2ccccc2)cc1. The minimum Gasteiger partial charge on any atom is -0.455 e. The van der Waals surface area contributed by atoms with E-state index in [0.29, 0.717) is 0 Å². The molecule has 0 saturated heterocycles. The maximum absolute atomic E-state index is 6.62. The Morgan fingerprint density at radius 1 is 0.289 bits per heavy atom. The van der Waals surface area contributed by atoms with Crippen LogP contribution in [0.3, 0.4) is 0 Å². The zero-order valence-corrected chi connectivity index (χ0v) is 24.6. The zero-order valence-electron chi connectivity index (χ0n) is 24.6. The maximum atomic E-state index is 6.62. The lowest BCUT2D eigenvalue weighted by molar-refractivity contribution is 0.632. The van der Waals surface area contributed by atoms with Gasteiger partial charge in [-0.25, -0.2) is 0 Å². The molecule has 45 heavy (non-hydrogen) atoms. The molecule has 0 N–H and O–H groups in total. The number of hydrogen-bond donors (Lipinski definition) is 0. The predicted octanol–water partition coefficient (Wildman–Crippen LogP) is 12.6. The van der Waals surface area contributed by atoms with Gasteiger partial charge >= 0.3 is 0 Å². The first-order valence-electron chi connectivity index (χ1n) is 15.4. The third kappa shape index (κ3) is 4.17. The standard InChI is InChI=1S/C44H28O/c1-3-14-30(15-4-1)43-39-28-34(25-26-40(39)45-44(43)31-16-5-2-6-17-31)42-37-21-11-9-19-35(37)41(36-20-10-12-22-38(36)42)33-24-23-29-13-7-8-18-32(29)27-33/h1-28H. The normalized spacial score (nSPS) is 11.6. The number of fused-ring (bicyclic) bond motifs is 4. The third-order valence-electron chi connectivity index (χ3n) is 9.04. The lowest BCUT2D eigenvalue weighted by Crippen LogP contribution is -1.91. The first kappa shape index (κ1) is 25.6. The molecule has 9 aromatic rings. The molecule has 210 valence electrons. The Morgan fingerprint density at radius 2 is 0.778 bits per heavy atom. The number of rotatable bonds is 4. The molecule has 0 radical (unpaired) electrons. The van der Waals surface area contributed by atoms with Crippen LogP contribution in [0.2, 0.25) is 0 Å². The van der Waals surface area contributed by atoms with Crippen molar-refractivity contribution in [1.82, 2.24) is 0 Å². The van der Waals surface area contributed by atoms with Gasteiger partial charge in [0, 0.05) is 16.5 Å². The van der Waals surface area contributed by atoms with Crippen LogP contribution in [0.5, 0.6) is 0 Å². The van der Waals surface area contributed by atoms with E-state index in [1.165, 1.54) is 54.6 Å². The van der Waals surface area contributed by atoms with Gasteiger partial charge in [-0.1, -0.05) is 152 Å². The highest BCUT2D eigenvalue weighted by Gasteiger charge is 2.21. The molecule has 1 heteroatoms. The molecule has 0 saturated carbocycles. The van der Waals surface area contributed by atoms with Gasteiger partial charge in [-0.15, -0.1) is 0 Å². The van der Waals surface area contributed by atoms with Crippen LogP contribution in [0.4, 0.5) is 0 Å². The van der Waals surface area contributed by atoms with E-state index in [4.69, 9.17) is 4.42 Å². The number of benzene rings is 8. The van der Waals surface area contributed by atoms with E-state index in [9.17, 15) is 0 Å². The van der Waals surface area contributed by atoms with Gasteiger partial charge in [0.25, 0.3) is 0 Å². The third-order valence-corrected chi connectivity index (χ3v) is 9.04. The Kier molecular flexibility index (Phi) is 5.89. The Bertz CT molecular complexity index is 2460. The van der Waals surface area contributed by atoms with Gasteiger partial charge in [-0.05, 0) is 78.3 Å². The van der Waals surface area contributed by atoms with Gasteiger partial charge in [0.05, 0.1) is 0 Å². The van der Waals surface area contributed by atoms with Crippen molar-refractivity contribution in [3.8, 4) is 44.7 Å². The van der Waals surface area contributed by atoms with Crippen molar-refractivity contribution in [1.29, 1.82) is 0 Å². The fourth-order valence-electron chi connectivity index (χ4n) is 7.03. The second-order valence-corrected chi connectivity index (χ2v) is 11.7. The monoisotopic (exact) mass is 572 g/mol. The quantitative estimate of drug-likeness (QED) is 0.191. The molecule has 0 fully saturated rings. The van der Waals surface area contributed by atoms with E-state index in [0.717, 1.165) is 33.4 Å².